The second kappa shape index (κ2) is 8.59. The highest BCUT2D eigenvalue weighted by molar-refractivity contribution is 7.91. The highest BCUT2D eigenvalue weighted by Crippen LogP contribution is 2.22. The lowest BCUT2D eigenvalue weighted by atomic mass is 9.96. The van der Waals surface area contributed by atoms with E-state index in [0.717, 1.165) is 16.2 Å². The number of thiophene rings is 1. The summed E-state index contributed by atoms with van der Waals surface area (Å²) in [6.45, 7) is 6.02. The lowest BCUT2D eigenvalue weighted by molar-refractivity contribution is -0.137. The molecule has 0 atom stereocenters. The number of hydrogen-bond acceptors (Lipinski definition) is 5. The zero-order chi connectivity index (χ0) is 18.4. The van der Waals surface area contributed by atoms with E-state index in [2.05, 4.69) is 10.0 Å². The van der Waals surface area contributed by atoms with Gasteiger partial charge in [0.15, 0.2) is 0 Å². The number of carbonyl (C=O) groups is 2. The van der Waals surface area contributed by atoms with Crippen LogP contribution in [-0.2, 0) is 26.0 Å². The first-order chi connectivity index (χ1) is 11.0. The molecular formula is C15H24N2O5S2. The van der Waals surface area contributed by atoms with Gasteiger partial charge in [0.2, 0.25) is 15.9 Å². The molecule has 7 nitrogen and oxygen atoms in total. The Morgan fingerprint density at radius 2 is 1.88 bits per heavy atom. The lowest BCUT2D eigenvalue weighted by Crippen LogP contribution is -2.35. The molecule has 136 valence electrons. The first-order valence-electron chi connectivity index (χ1n) is 7.61. The van der Waals surface area contributed by atoms with Gasteiger partial charge in [-0.1, -0.05) is 20.8 Å². The first-order valence-corrected chi connectivity index (χ1v) is 9.91. The third-order valence-electron chi connectivity index (χ3n) is 3.10. The van der Waals surface area contributed by atoms with Gasteiger partial charge in [0.1, 0.15) is 4.21 Å². The minimum absolute atomic E-state index is 0.0491. The number of hydrogen-bond donors (Lipinski definition) is 3. The van der Waals surface area contributed by atoms with Gasteiger partial charge in [-0.25, -0.2) is 13.1 Å². The van der Waals surface area contributed by atoms with Crippen LogP contribution in [0.1, 0.15) is 38.5 Å². The Hall–Kier alpha value is -1.45. The monoisotopic (exact) mass is 376 g/mol. The summed E-state index contributed by atoms with van der Waals surface area (Å²) in [4.78, 5) is 23.0. The number of carboxylic acids is 1. The Labute approximate surface area is 146 Å². The summed E-state index contributed by atoms with van der Waals surface area (Å²) in [5.74, 6) is -1.00. The molecule has 0 aromatic carbocycles. The lowest BCUT2D eigenvalue weighted by Gasteiger charge is -2.17. The molecule has 1 rings (SSSR count). The summed E-state index contributed by atoms with van der Waals surface area (Å²) in [5.41, 5.74) is -0.455. The van der Waals surface area contributed by atoms with Crippen LogP contribution >= 0.6 is 11.3 Å². The average Bonchev–Trinajstić information content (AvgIpc) is 2.92. The first kappa shape index (κ1) is 20.6. The van der Waals surface area contributed by atoms with Crippen LogP contribution in [0.25, 0.3) is 0 Å². The molecular weight excluding hydrogens is 352 g/mol. The Morgan fingerprint density at radius 3 is 2.46 bits per heavy atom. The SMILES string of the molecule is CC(C)(C)C(=O)NCCc1ccc(S(=O)(=O)NCCCC(=O)O)s1. The number of rotatable bonds is 9. The van der Waals surface area contributed by atoms with Gasteiger partial charge in [0, 0.05) is 29.8 Å². The maximum absolute atomic E-state index is 12.1. The summed E-state index contributed by atoms with van der Waals surface area (Å²) in [6, 6.07) is 3.24. The molecule has 0 aliphatic carbocycles. The zero-order valence-electron chi connectivity index (χ0n) is 14.1. The van der Waals surface area contributed by atoms with Crippen LogP contribution in [0.3, 0.4) is 0 Å². The Bertz CT molecular complexity index is 674. The molecule has 1 amide bonds. The smallest absolute Gasteiger partial charge is 0.303 e. The van der Waals surface area contributed by atoms with Gasteiger partial charge < -0.3 is 10.4 Å². The minimum Gasteiger partial charge on any atom is -0.481 e. The number of aliphatic carboxylic acids is 1. The van der Waals surface area contributed by atoms with Gasteiger partial charge in [-0.05, 0) is 25.0 Å². The van der Waals surface area contributed by atoms with E-state index in [9.17, 15) is 18.0 Å². The molecule has 0 aliphatic heterocycles. The minimum atomic E-state index is -3.61. The highest BCUT2D eigenvalue weighted by Gasteiger charge is 2.21. The highest BCUT2D eigenvalue weighted by atomic mass is 32.2. The quantitative estimate of drug-likeness (QED) is 0.567. The summed E-state index contributed by atoms with van der Waals surface area (Å²) in [6.07, 6.45) is 0.721. The van der Waals surface area contributed by atoms with E-state index in [-0.39, 0.29) is 29.5 Å². The summed E-state index contributed by atoms with van der Waals surface area (Å²) < 4.78 is 26.7. The van der Waals surface area contributed by atoms with Crippen molar-refractivity contribution in [1.82, 2.24) is 10.0 Å². The number of carbonyl (C=O) groups excluding carboxylic acids is 1. The molecule has 1 heterocycles. The van der Waals surface area contributed by atoms with Crippen molar-refractivity contribution in [2.24, 2.45) is 5.41 Å². The molecule has 0 radical (unpaired) electrons. The second-order valence-corrected chi connectivity index (χ2v) is 9.53. The molecule has 24 heavy (non-hydrogen) atoms. The van der Waals surface area contributed by atoms with Gasteiger partial charge in [-0.3, -0.25) is 9.59 Å². The van der Waals surface area contributed by atoms with Crippen LogP contribution in [0.4, 0.5) is 0 Å². The topological polar surface area (TPSA) is 113 Å². The predicted molar refractivity (Wildman–Crippen MR) is 92.5 cm³/mol. The molecule has 9 heteroatoms. The molecule has 0 fully saturated rings. The molecule has 0 bridgehead atoms. The largest absolute Gasteiger partial charge is 0.481 e. The van der Waals surface area contributed by atoms with Crippen LogP contribution in [0.5, 0.6) is 0 Å². The van der Waals surface area contributed by atoms with Crippen LogP contribution in [-0.4, -0.2) is 38.5 Å². The van der Waals surface area contributed by atoms with Gasteiger partial charge in [0.25, 0.3) is 0 Å². The fourth-order valence-corrected chi connectivity index (χ4v) is 4.19. The van der Waals surface area contributed by atoms with E-state index in [4.69, 9.17) is 5.11 Å². The van der Waals surface area contributed by atoms with E-state index in [1.807, 2.05) is 20.8 Å². The molecule has 1 aromatic rings. The second-order valence-electron chi connectivity index (χ2n) is 6.37. The van der Waals surface area contributed by atoms with Crippen LogP contribution in [0.15, 0.2) is 16.3 Å². The van der Waals surface area contributed by atoms with E-state index in [1.165, 1.54) is 6.07 Å². The zero-order valence-corrected chi connectivity index (χ0v) is 15.7. The van der Waals surface area contributed by atoms with Crippen LogP contribution in [0.2, 0.25) is 0 Å². The van der Waals surface area contributed by atoms with E-state index in [0.29, 0.717) is 13.0 Å². The van der Waals surface area contributed by atoms with Gasteiger partial charge >= 0.3 is 5.97 Å². The number of amides is 1. The van der Waals surface area contributed by atoms with E-state index >= 15 is 0 Å². The fraction of sp³-hybridized carbons (Fsp3) is 0.600. The molecule has 0 aliphatic rings. The maximum Gasteiger partial charge on any atom is 0.303 e. The van der Waals surface area contributed by atoms with Crippen molar-refractivity contribution in [2.75, 3.05) is 13.1 Å². The van der Waals surface area contributed by atoms with Crippen molar-refractivity contribution >= 4 is 33.2 Å². The standard InChI is InChI=1S/C15H24N2O5S2/c1-15(2,3)14(20)16-10-8-11-6-7-13(23-11)24(21,22)17-9-4-5-12(18)19/h6-7,17H,4-5,8-10H2,1-3H3,(H,16,20)(H,18,19). The Balaban J connectivity index is 2.49. The Morgan fingerprint density at radius 1 is 1.21 bits per heavy atom. The molecule has 0 saturated heterocycles. The van der Waals surface area contributed by atoms with E-state index < -0.39 is 21.4 Å². The summed E-state index contributed by atoms with van der Waals surface area (Å²) >= 11 is 1.15. The average molecular weight is 377 g/mol. The summed E-state index contributed by atoms with van der Waals surface area (Å²) in [5, 5.41) is 11.3. The molecule has 1 aromatic heterocycles. The van der Waals surface area contributed by atoms with E-state index in [1.54, 1.807) is 6.07 Å². The van der Waals surface area contributed by atoms with Crippen molar-refractivity contribution in [3.05, 3.63) is 17.0 Å². The van der Waals surface area contributed by atoms with Gasteiger partial charge in [-0.15, -0.1) is 11.3 Å². The molecule has 0 unspecified atom stereocenters. The summed E-state index contributed by atoms with van der Waals surface area (Å²) in [7, 11) is -3.61. The normalized spacial score (nSPS) is 12.1. The predicted octanol–water partition coefficient (Wildman–Crippen LogP) is 1.60. The van der Waals surface area contributed by atoms with Crippen molar-refractivity contribution in [3.8, 4) is 0 Å². The molecule has 0 spiro atoms. The third-order valence-corrected chi connectivity index (χ3v) is 6.20. The van der Waals surface area contributed by atoms with Crippen molar-refractivity contribution in [3.63, 3.8) is 0 Å². The van der Waals surface area contributed by atoms with Crippen molar-refractivity contribution in [2.45, 2.75) is 44.2 Å². The molecule has 0 saturated carbocycles. The van der Waals surface area contributed by atoms with Crippen molar-refractivity contribution in [1.29, 1.82) is 0 Å². The number of carboxylic acid groups (broad SMARTS) is 1. The number of nitrogens with one attached hydrogen (secondary N) is 2. The third kappa shape index (κ3) is 6.98. The van der Waals surface area contributed by atoms with Crippen molar-refractivity contribution < 1.29 is 23.1 Å². The fourth-order valence-electron chi connectivity index (χ4n) is 1.72. The van der Waals surface area contributed by atoms with Crippen LogP contribution in [0, 0.1) is 5.41 Å². The molecule has 3 N–H and O–H groups in total. The van der Waals surface area contributed by atoms with Gasteiger partial charge in [-0.2, -0.15) is 0 Å². The maximum atomic E-state index is 12.1. The number of sulfonamides is 1. The Kier molecular flexibility index (Phi) is 7.37. The van der Waals surface area contributed by atoms with Gasteiger partial charge in [0.05, 0.1) is 0 Å². The van der Waals surface area contributed by atoms with Crippen LogP contribution < -0.4 is 10.0 Å².